The van der Waals surface area contributed by atoms with E-state index in [2.05, 4.69) is 0 Å². The Hall–Kier alpha value is -6.18. The highest BCUT2D eigenvalue weighted by molar-refractivity contribution is 6.25. The molecule has 1 nitrogen and oxygen atoms in total. The number of rotatable bonds is 5. The van der Waals surface area contributed by atoms with Gasteiger partial charge in [0.15, 0.2) is 0 Å². The smallest absolute Gasteiger partial charge is 0.143 e. The lowest BCUT2D eigenvalue weighted by atomic mass is 9.84. The highest BCUT2D eigenvalue weighted by atomic mass is 16.3. The van der Waals surface area contributed by atoms with Gasteiger partial charge in [-0.2, -0.15) is 0 Å². The molecule has 1 heteroatoms. The maximum Gasteiger partial charge on any atom is 0.143 e. The Morgan fingerprint density at radius 3 is 1.47 bits per heavy atom. The second-order valence-electron chi connectivity index (χ2n) is 10.3. The summed E-state index contributed by atoms with van der Waals surface area (Å²) in [5, 5.41) is -1.99. The molecule has 0 fully saturated rings. The molecule has 0 saturated heterocycles. The Labute approximate surface area is 306 Å². The molecule has 1 heterocycles. The summed E-state index contributed by atoms with van der Waals surface area (Å²) >= 11 is 0. The van der Waals surface area contributed by atoms with Gasteiger partial charge in [-0.1, -0.05) is 175 Å². The molecule has 47 heavy (non-hydrogen) atoms. The van der Waals surface area contributed by atoms with Crippen LogP contribution in [0.25, 0.3) is 88.3 Å². The monoisotopic (exact) mass is 621 g/mol. The van der Waals surface area contributed by atoms with E-state index in [9.17, 15) is 5.48 Å². The summed E-state index contributed by atoms with van der Waals surface area (Å²) in [5.41, 5.74) is -2.44. The molecule has 0 spiro atoms. The van der Waals surface area contributed by atoms with Crippen molar-refractivity contribution >= 4 is 32.5 Å². The molecule has 0 atom stereocenters. The van der Waals surface area contributed by atoms with Gasteiger partial charge < -0.3 is 4.42 Å². The lowest BCUT2D eigenvalue weighted by Crippen LogP contribution is -1.91. The number of hydrogen-bond donors (Lipinski definition) is 0. The van der Waals surface area contributed by atoms with Crippen LogP contribution in [0.4, 0.5) is 0 Å². The predicted octanol–water partition coefficient (Wildman–Crippen LogP) is 13.1. The average Bonchev–Trinajstić information content (AvgIpc) is 3.74. The van der Waals surface area contributed by atoms with Crippen molar-refractivity contribution in [1.29, 1.82) is 0 Å². The zero-order valence-corrected chi connectivity index (χ0v) is 23.9. The molecule has 9 aromatic rings. The normalized spacial score (nSPS) is 18.3. The van der Waals surface area contributed by atoms with Crippen molar-refractivity contribution < 1.29 is 35.9 Å². The van der Waals surface area contributed by atoms with Crippen molar-refractivity contribution in [2.24, 2.45) is 0 Å². The Bertz CT molecular complexity index is 3710. The maximum absolute atomic E-state index is 9.57. The van der Waals surface area contributed by atoms with Gasteiger partial charge in [-0.25, -0.2) is 0 Å². The average molecular weight is 622 g/mol. The van der Waals surface area contributed by atoms with Gasteiger partial charge in [0.25, 0.3) is 0 Å². The van der Waals surface area contributed by atoms with Crippen molar-refractivity contribution in [3.63, 3.8) is 0 Å². The van der Waals surface area contributed by atoms with Crippen LogP contribution in [0.2, 0.25) is 0 Å². The first-order chi connectivity index (χ1) is 32.9. The van der Waals surface area contributed by atoms with Crippen molar-refractivity contribution in [1.82, 2.24) is 0 Å². The van der Waals surface area contributed by atoms with Crippen LogP contribution in [-0.4, -0.2) is 0 Å². The third-order valence-corrected chi connectivity index (χ3v) is 7.77. The summed E-state index contributed by atoms with van der Waals surface area (Å²) in [6.45, 7) is 0. The fourth-order valence-corrected chi connectivity index (χ4v) is 5.86. The van der Waals surface area contributed by atoms with Crippen molar-refractivity contribution in [2.75, 3.05) is 0 Å². The minimum absolute atomic E-state index is 0.00879. The van der Waals surface area contributed by atoms with Gasteiger partial charge in [0, 0.05) is 27.6 Å². The molecule has 0 aliphatic carbocycles. The van der Waals surface area contributed by atoms with Gasteiger partial charge in [0.2, 0.25) is 0 Å². The first-order valence-electron chi connectivity index (χ1n) is 25.7. The van der Waals surface area contributed by atoms with Crippen LogP contribution >= 0.6 is 0 Å². The fourth-order valence-electron chi connectivity index (χ4n) is 5.86. The molecule has 0 radical (unpaired) electrons. The van der Waals surface area contributed by atoms with E-state index in [1.54, 1.807) is 0 Å². The molecule has 220 valence electrons. The number of benzene rings is 8. The third kappa shape index (κ3) is 4.56. The van der Waals surface area contributed by atoms with Crippen LogP contribution in [0.1, 0.15) is 31.5 Å². The second-order valence-corrected chi connectivity index (χ2v) is 10.3. The van der Waals surface area contributed by atoms with E-state index in [1.165, 1.54) is 42.5 Å². The zero-order valence-electron chi connectivity index (χ0n) is 46.9. The molecule has 8 aromatic carbocycles. The highest BCUT2D eigenvalue weighted by Crippen LogP contribution is 2.50. The molecule has 9 rings (SSSR count). The summed E-state index contributed by atoms with van der Waals surface area (Å²) in [6.07, 6.45) is 0. The third-order valence-electron chi connectivity index (χ3n) is 7.77. The SMILES string of the molecule is [2H]c1c([2H])c([2H])c(-c2cccc(-c3oc4c(-c5c([2H])c([2H])c([2H])c([2H])c5[2H])cccc4c3-c3c4c([2H])c([2H])c([2H])c([2H])c4c(-c4c([2H])c([2H])c([2H])c([2H])c4[2H])c4c([2H])c([2H])c([2H])c([2H])c34)c2)c([2H])c1[2H]. The fraction of sp³-hybridized carbons (Fsp3) is 0. The zero-order chi connectivity index (χ0) is 51.2. The Morgan fingerprint density at radius 1 is 0.362 bits per heavy atom. The van der Waals surface area contributed by atoms with Crippen LogP contribution < -0.4 is 0 Å². The van der Waals surface area contributed by atoms with E-state index >= 15 is 0 Å². The van der Waals surface area contributed by atoms with Crippen LogP contribution in [0.5, 0.6) is 0 Å². The Morgan fingerprint density at radius 2 is 0.851 bits per heavy atom. The van der Waals surface area contributed by atoms with Crippen LogP contribution in [0.15, 0.2) is 186 Å². The number of para-hydroxylation sites is 1. The standard InChI is InChI=1S/C46H30O/c1-4-16-31(17-5-1)34-22-14-23-35(30-34)45-44(41-29-15-28-36(46(41)47-45)32-18-6-2-7-19-32)43-39-26-12-10-24-37(39)42(33-20-8-3-9-21-33)38-25-11-13-27-40(38)43/h1-30H/i1D,2D,3D,4D,5D,6D,7D,8D,9D,10D,11D,12D,13D,16D,17D,18D,19D,20D,21D,24D,25D,26D,27D. The summed E-state index contributed by atoms with van der Waals surface area (Å²) in [7, 11) is 0. The molecule has 0 bridgehead atoms. The van der Waals surface area contributed by atoms with Gasteiger partial charge in [0.1, 0.15) is 11.3 Å². The molecule has 0 N–H and O–H groups in total. The Kier molecular flexibility index (Phi) is 3.02. The number of fused-ring (bicyclic) bond motifs is 3. The van der Waals surface area contributed by atoms with Crippen LogP contribution in [0.3, 0.4) is 0 Å². The van der Waals surface area contributed by atoms with E-state index in [1.807, 2.05) is 0 Å². The molecule has 0 saturated carbocycles. The lowest BCUT2D eigenvalue weighted by Gasteiger charge is -2.18. The van der Waals surface area contributed by atoms with E-state index in [4.69, 9.17) is 30.5 Å². The number of hydrogen-bond acceptors (Lipinski definition) is 1. The maximum atomic E-state index is 9.57. The quantitative estimate of drug-likeness (QED) is 0.174. The largest absolute Gasteiger partial charge is 0.455 e. The van der Waals surface area contributed by atoms with E-state index in [0.717, 1.165) is 0 Å². The molecule has 0 aliphatic rings. The van der Waals surface area contributed by atoms with Gasteiger partial charge in [-0.05, 0) is 55.4 Å². The Balaban J connectivity index is 1.60. The second kappa shape index (κ2) is 11.3. The van der Waals surface area contributed by atoms with Gasteiger partial charge in [-0.15, -0.1) is 0 Å². The van der Waals surface area contributed by atoms with E-state index < -0.39 is 172 Å². The van der Waals surface area contributed by atoms with Crippen molar-refractivity contribution in [3.8, 4) is 55.8 Å². The lowest BCUT2D eigenvalue weighted by molar-refractivity contribution is 0.633. The minimum Gasteiger partial charge on any atom is -0.455 e. The first-order valence-corrected chi connectivity index (χ1v) is 14.2. The van der Waals surface area contributed by atoms with Crippen LogP contribution in [-0.2, 0) is 0 Å². The topological polar surface area (TPSA) is 13.1 Å². The van der Waals surface area contributed by atoms with E-state index in [0.29, 0.717) is 0 Å². The summed E-state index contributed by atoms with van der Waals surface area (Å²) in [4.78, 5) is 0. The molecule has 0 amide bonds. The van der Waals surface area contributed by atoms with Gasteiger partial charge in [-0.3, -0.25) is 0 Å². The molecular weight excluding hydrogens is 569 g/mol. The molecule has 0 unspecified atom stereocenters. The summed E-state index contributed by atoms with van der Waals surface area (Å²) in [6, 6.07) is -7.31. The van der Waals surface area contributed by atoms with Crippen molar-refractivity contribution in [2.45, 2.75) is 0 Å². The first kappa shape index (κ1) is 12.5. The summed E-state index contributed by atoms with van der Waals surface area (Å²) < 4.78 is 209. The molecule has 1 aromatic heterocycles. The van der Waals surface area contributed by atoms with E-state index in [-0.39, 0.29) is 55.7 Å². The van der Waals surface area contributed by atoms with Crippen molar-refractivity contribution in [3.05, 3.63) is 181 Å². The van der Waals surface area contributed by atoms with Gasteiger partial charge in [0.05, 0.1) is 31.5 Å². The van der Waals surface area contributed by atoms with Crippen LogP contribution in [0, 0.1) is 0 Å². The predicted molar refractivity (Wildman–Crippen MR) is 198 cm³/mol. The van der Waals surface area contributed by atoms with Gasteiger partial charge >= 0.3 is 0 Å². The number of furan rings is 1. The minimum atomic E-state index is -0.858. The summed E-state index contributed by atoms with van der Waals surface area (Å²) in [5.74, 6) is -0.248. The molecule has 0 aliphatic heterocycles. The highest BCUT2D eigenvalue weighted by Gasteiger charge is 2.25. The molecular formula is C46H30O.